The van der Waals surface area contributed by atoms with Crippen molar-refractivity contribution in [1.82, 2.24) is 20.2 Å². The summed E-state index contributed by atoms with van der Waals surface area (Å²) in [5.41, 5.74) is 2.60. The Bertz CT molecular complexity index is 1300. The van der Waals surface area contributed by atoms with E-state index in [1.807, 2.05) is 12.1 Å². The van der Waals surface area contributed by atoms with Gasteiger partial charge in [0, 0.05) is 36.1 Å². The first-order chi connectivity index (χ1) is 17.4. The van der Waals surface area contributed by atoms with Gasteiger partial charge in [-0.1, -0.05) is 6.07 Å². The number of likely N-dealkylation sites (tertiary alicyclic amines) is 1. The van der Waals surface area contributed by atoms with E-state index in [9.17, 15) is 13.2 Å². The number of nitrogens with zero attached hydrogens (tertiary/aromatic N) is 3. The summed E-state index contributed by atoms with van der Waals surface area (Å²) in [6, 6.07) is 11.1. The molecule has 2 aromatic heterocycles. The summed E-state index contributed by atoms with van der Waals surface area (Å²) in [7, 11) is -3.32. The Morgan fingerprint density at radius 1 is 1.14 bits per heavy atom. The quantitative estimate of drug-likeness (QED) is 0.492. The van der Waals surface area contributed by atoms with Crippen molar-refractivity contribution >= 4 is 15.7 Å². The highest BCUT2D eigenvalue weighted by molar-refractivity contribution is 7.91. The molecule has 0 radical (unpaired) electrons. The number of aromatic nitrogens is 2. The second-order valence-corrected chi connectivity index (χ2v) is 12.1. The number of rotatable bonds is 8. The third-order valence-electron chi connectivity index (χ3n) is 7.32. The first-order valence-corrected chi connectivity index (χ1v) is 14.3. The molecule has 3 aromatic rings. The number of sulfone groups is 1. The molecule has 1 saturated heterocycles. The zero-order valence-corrected chi connectivity index (χ0v) is 21.3. The number of carbonyl (C=O) groups is 1. The Hall–Kier alpha value is -3.04. The number of benzene rings is 1. The Labute approximate surface area is 212 Å². The van der Waals surface area contributed by atoms with Crippen LogP contribution in [0.1, 0.15) is 59.5 Å². The summed E-state index contributed by atoms with van der Waals surface area (Å²) in [5.74, 6) is 0.584. The van der Waals surface area contributed by atoms with E-state index in [0.717, 1.165) is 37.9 Å². The van der Waals surface area contributed by atoms with Gasteiger partial charge in [-0.15, -0.1) is 0 Å². The Kier molecular flexibility index (Phi) is 7.20. The van der Waals surface area contributed by atoms with Crippen molar-refractivity contribution in [2.75, 3.05) is 13.1 Å². The van der Waals surface area contributed by atoms with Crippen LogP contribution in [0.4, 0.5) is 0 Å². The molecule has 1 aliphatic carbocycles. The highest BCUT2D eigenvalue weighted by Crippen LogP contribution is 2.33. The number of hydrogen-bond donors (Lipinski definition) is 1. The molecular formula is C27H32N4O4S. The molecule has 190 valence electrons. The first-order valence-electron chi connectivity index (χ1n) is 12.6. The van der Waals surface area contributed by atoms with E-state index in [1.165, 1.54) is 12.8 Å². The maximum absolute atomic E-state index is 13.2. The average Bonchev–Trinajstić information content (AvgIpc) is 3.65. The van der Waals surface area contributed by atoms with Crippen LogP contribution >= 0.6 is 0 Å². The van der Waals surface area contributed by atoms with E-state index in [2.05, 4.69) is 20.2 Å². The first kappa shape index (κ1) is 24.6. The van der Waals surface area contributed by atoms with Gasteiger partial charge < -0.3 is 14.6 Å². The van der Waals surface area contributed by atoms with Crippen LogP contribution in [0, 0.1) is 6.92 Å². The van der Waals surface area contributed by atoms with Crippen molar-refractivity contribution in [3.05, 3.63) is 71.4 Å². The molecule has 9 heteroatoms. The molecule has 5 rings (SSSR count). The number of oxazole rings is 1. The minimum absolute atomic E-state index is 0.103. The van der Waals surface area contributed by atoms with Crippen LogP contribution in [0.2, 0.25) is 0 Å². The van der Waals surface area contributed by atoms with Gasteiger partial charge in [-0.3, -0.25) is 9.78 Å². The smallest absolute Gasteiger partial charge is 0.251 e. The molecule has 0 spiro atoms. The lowest BCUT2D eigenvalue weighted by molar-refractivity contribution is 0.0951. The molecule has 36 heavy (non-hydrogen) atoms. The molecular weight excluding hydrogens is 476 g/mol. The normalized spacial score (nSPS) is 20.6. The van der Waals surface area contributed by atoms with Crippen LogP contribution in [-0.2, 0) is 22.1 Å². The van der Waals surface area contributed by atoms with E-state index in [4.69, 9.17) is 4.42 Å². The number of nitrogens with one attached hydrogen (secondary N) is 1. The Balaban J connectivity index is 1.21. The molecule has 2 atom stereocenters. The SMILES string of the molecule is Cc1oc(-c2ccc(C(=O)NCc3cccnc3)cc2)nc1CS(=O)(=O)C1CCC(N2CCCC2)C1. The molecule has 2 unspecified atom stereocenters. The number of amides is 1. The summed E-state index contributed by atoms with van der Waals surface area (Å²) >= 11 is 0. The third kappa shape index (κ3) is 5.52. The number of pyridine rings is 1. The van der Waals surface area contributed by atoms with Gasteiger partial charge >= 0.3 is 0 Å². The topological polar surface area (TPSA) is 105 Å². The van der Waals surface area contributed by atoms with Crippen LogP contribution in [0.5, 0.6) is 0 Å². The van der Waals surface area contributed by atoms with E-state index in [0.29, 0.717) is 41.1 Å². The second kappa shape index (κ2) is 10.5. The molecule has 1 aliphatic heterocycles. The fourth-order valence-corrected chi connectivity index (χ4v) is 7.12. The maximum Gasteiger partial charge on any atom is 0.251 e. The van der Waals surface area contributed by atoms with Crippen molar-refractivity contribution in [3.63, 3.8) is 0 Å². The van der Waals surface area contributed by atoms with Crippen LogP contribution in [0.3, 0.4) is 0 Å². The molecule has 1 N–H and O–H groups in total. The number of carbonyl (C=O) groups excluding carboxylic acids is 1. The molecule has 1 saturated carbocycles. The van der Waals surface area contributed by atoms with Crippen molar-refractivity contribution in [3.8, 4) is 11.5 Å². The van der Waals surface area contributed by atoms with Gasteiger partial charge in [-0.2, -0.15) is 0 Å². The lowest BCUT2D eigenvalue weighted by atomic mass is 10.1. The summed E-state index contributed by atoms with van der Waals surface area (Å²) in [6.45, 7) is 4.33. The van der Waals surface area contributed by atoms with E-state index in [1.54, 1.807) is 43.6 Å². The van der Waals surface area contributed by atoms with Crippen molar-refractivity contribution in [2.24, 2.45) is 0 Å². The second-order valence-electron chi connectivity index (χ2n) is 9.78. The summed E-state index contributed by atoms with van der Waals surface area (Å²) in [5, 5.41) is 2.56. The monoisotopic (exact) mass is 508 g/mol. The largest absolute Gasteiger partial charge is 0.441 e. The van der Waals surface area contributed by atoms with Crippen LogP contribution in [-0.4, -0.2) is 53.6 Å². The summed E-state index contributed by atoms with van der Waals surface area (Å²) in [4.78, 5) is 23.5. The lowest BCUT2D eigenvalue weighted by Crippen LogP contribution is -2.32. The third-order valence-corrected chi connectivity index (χ3v) is 9.44. The van der Waals surface area contributed by atoms with Gasteiger partial charge in [0.15, 0.2) is 9.84 Å². The molecule has 2 fully saturated rings. The van der Waals surface area contributed by atoms with Gasteiger partial charge in [-0.05, 0) is 88.0 Å². The zero-order chi connectivity index (χ0) is 25.1. The maximum atomic E-state index is 13.2. The van der Waals surface area contributed by atoms with E-state index in [-0.39, 0.29) is 16.9 Å². The molecule has 2 aliphatic rings. The Morgan fingerprint density at radius 3 is 2.64 bits per heavy atom. The van der Waals surface area contributed by atoms with Crippen LogP contribution in [0.15, 0.2) is 53.2 Å². The van der Waals surface area contributed by atoms with Gasteiger partial charge in [0.25, 0.3) is 5.91 Å². The van der Waals surface area contributed by atoms with Gasteiger partial charge in [0.2, 0.25) is 5.89 Å². The van der Waals surface area contributed by atoms with Crippen molar-refractivity contribution in [1.29, 1.82) is 0 Å². The molecule has 1 aromatic carbocycles. The minimum Gasteiger partial charge on any atom is -0.441 e. The molecule has 3 heterocycles. The highest BCUT2D eigenvalue weighted by Gasteiger charge is 2.38. The zero-order valence-electron chi connectivity index (χ0n) is 20.5. The molecule has 1 amide bonds. The van der Waals surface area contributed by atoms with Crippen LogP contribution < -0.4 is 5.32 Å². The fraction of sp³-hybridized carbons (Fsp3) is 0.444. The lowest BCUT2D eigenvalue weighted by Gasteiger charge is -2.23. The molecule has 8 nitrogen and oxygen atoms in total. The van der Waals surface area contributed by atoms with E-state index < -0.39 is 9.84 Å². The van der Waals surface area contributed by atoms with Gasteiger partial charge in [0.05, 0.1) is 16.7 Å². The predicted molar refractivity (Wildman–Crippen MR) is 137 cm³/mol. The fourth-order valence-electron chi connectivity index (χ4n) is 5.23. The number of hydrogen-bond acceptors (Lipinski definition) is 7. The predicted octanol–water partition coefficient (Wildman–Crippen LogP) is 3.91. The minimum atomic E-state index is -3.32. The van der Waals surface area contributed by atoms with Crippen LogP contribution in [0.25, 0.3) is 11.5 Å². The average molecular weight is 509 g/mol. The summed E-state index contributed by atoms with van der Waals surface area (Å²) in [6.07, 6.45) is 8.22. The van der Waals surface area contributed by atoms with Gasteiger partial charge in [-0.25, -0.2) is 13.4 Å². The molecule has 0 bridgehead atoms. The van der Waals surface area contributed by atoms with E-state index >= 15 is 0 Å². The van der Waals surface area contributed by atoms with Gasteiger partial charge in [0.1, 0.15) is 5.76 Å². The number of aryl methyl sites for hydroxylation is 1. The Morgan fingerprint density at radius 2 is 1.92 bits per heavy atom. The van der Waals surface area contributed by atoms with Crippen molar-refractivity contribution < 1.29 is 17.6 Å². The highest BCUT2D eigenvalue weighted by atomic mass is 32.2. The van der Waals surface area contributed by atoms with Crippen molar-refractivity contribution in [2.45, 2.75) is 62.6 Å². The summed E-state index contributed by atoms with van der Waals surface area (Å²) < 4.78 is 32.2. The standard InChI is InChI=1S/C27H32N4O4S/c1-19-25(18-36(33,34)24-11-10-23(15-24)31-13-2-3-14-31)30-27(35-19)22-8-6-21(7-9-22)26(32)29-17-20-5-4-12-28-16-20/h4-9,12,16,23-24H,2-3,10-11,13-15,17-18H2,1H3,(H,29,32).